The number of hydrogen-bond donors (Lipinski definition) is 2. The molecule has 1 aromatic rings. The molecule has 1 saturated heterocycles. The Kier molecular flexibility index (Phi) is 4.57. The zero-order valence-corrected chi connectivity index (χ0v) is 11.2. The van der Waals surface area contributed by atoms with Crippen LogP contribution in [0.3, 0.4) is 0 Å². The third-order valence-corrected chi connectivity index (χ3v) is 3.17. The van der Waals surface area contributed by atoms with Crippen molar-refractivity contribution in [3.05, 3.63) is 23.8 Å². The van der Waals surface area contributed by atoms with E-state index in [4.69, 9.17) is 14.6 Å². The molecule has 0 aromatic heterocycles. The predicted octanol–water partition coefficient (Wildman–Crippen LogP) is 1.90. The Morgan fingerprint density at radius 2 is 2.30 bits per heavy atom. The normalized spacial score (nSPS) is 17.8. The number of methoxy groups -OCH3 is 1. The topological polar surface area (TPSA) is 84.9 Å². The number of nitrogens with one attached hydrogen (secondary N) is 1. The first-order chi connectivity index (χ1) is 9.60. The van der Waals surface area contributed by atoms with Crippen molar-refractivity contribution in [3.63, 3.8) is 0 Å². The van der Waals surface area contributed by atoms with Gasteiger partial charge in [-0.25, -0.2) is 4.79 Å². The number of carbonyl (C=O) groups is 2. The molecule has 108 valence electrons. The van der Waals surface area contributed by atoms with Gasteiger partial charge in [-0.1, -0.05) is 0 Å². The van der Waals surface area contributed by atoms with Crippen molar-refractivity contribution in [1.82, 2.24) is 0 Å². The van der Waals surface area contributed by atoms with E-state index in [2.05, 4.69) is 5.32 Å². The first-order valence-corrected chi connectivity index (χ1v) is 6.43. The summed E-state index contributed by atoms with van der Waals surface area (Å²) in [5.41, 5.74) is 0.270. The van der Waals surface area contributed by atoms with E-state index in [1.807, 2.05) is 0 Å². The third-order valence-electron chi connectivity index (χ3n) is 3.17. The van der Waals surface area contributed by atoms with Gasteiger partial charge in [0, 0.05) is 12.7 Å². The fourth-order valence-corrected chi connectivity index (χ4v) is 2.15. The highest BCUT2D eigenvalue weighted by molar-refractivity contribution is 6.00. The van der Waals surface area contributed by atoms with Gasteiger partial charge in [-0.2, -0.15) is 0 Å². The van der Waals surface area contributed by atoms with Crippen LogP contribution in [0.15, 0.2) is 18.2 Å². The van der Waals surface area contributed by atoms with Crippen LogP contribution in [0.5, 0.6) is 5.75 Å². The summed E-state index contributed by atoms with van der Waals surface area (Å²) >= 11 is 0. The molecule has 1 unspecified atom stereocenters. The molecule has 6 heteroatoms. The number of rotatable bonds is 5. The molecular formula is C14H17NO5. The minimum absolute atomic E-state index is 0.0338. The lowest BCUT2D eigenvalue weighted by Gasteiger charge is -2.12. The van der Waals surface area contributed by atoms with Crippen molar-refractivity contribution in [1.29, 1.82) is 0 Å². The number of ether oxygens (including phenoxy) is 2. The Bertz CT molecular complexity index is 508. The molecule has 1 aliphatic heterocycles. The molecule has 0 radical (unpaired) electrons. The van der Waals surface area contributed by atoms with E-state index >= 15 is 0 Å². The summed E-state index contributed by atoms with van der Waals surface area (Å²) in [6, 6.07) is 4.44. The number of benzene rings is 1. The molecule has 20 heavy (non-hydrogen) atoms. The van der Waals surface area contributed by atoms with Crippen LogP contribution in [0.25, 0.3) is 0 Å². The summed E-state index contributed by atoms with van der Waals surface area (Å²) in [5.74, 6) is -0.866. The molecule has 1 aromatic carbocycles. The first-order valence-electron chi connectivity index (χ1n) is 6.43. The van der Waals surface area contributed by atoms with Crippen LogP contribution in [0.2, 0.25) is 0 Å². The van der Waals surface area contributed by atoms with Crippen molar-refractivity contribution in [2.24, 2.45) is 0 Å². The molecule has 1 fully saturated rings. The van der Waals surface area contributed by atoms with E-state index in [-0.39, 0.29) is 29.7 Å². The van der Waals surface area contributed by atoms with Gasteiger partial charge in [-0.15, -0.1) is 0 Å². The second kappa shape index (κ2) is 6.38. The SMILES string of the molecule is COc1ccc(C(=O)O)c(NC(=O)CC2CCCO2)c1. The minimum atomic E-state index is -1.10. The maximum absolute atomic E-state index is 11.9. The maximum Gasteiger partial charge on any atom is 0.337 e. The Morgan fingerprint density at radius 1 is 1.50 bits per heavy atom. The highest BCUT2D eigenvalue weighted by Gasteiger charge is 2.20. The van der Waals surface area contributed by atoms with Gasteiger partial charge in [0.05, 0.1) is 30.9 Å². The molecule has 2 rings (SSSR count). The van der Waals surface area contributed by atoms with Gasteiger partial charge in [0.1, 0.15) is 5.75 Å². The Balaban J connectivity index is 2.09. The molecule has 0 bridgehead atoms. The van der Waals surface area contributed by atoms with E-state index in [1.165, 1.54) is 19.2 Å². The average Bonchev–Trinajstić information content (AvgIpc) is 2.90. The lowest BCUT2D eigenvalue weighted by molar-refractivity contribution is -0.118. The standard InChI is InChI=1S/C14H17NO5/c1-19-9-4-5-11(14(17)18)12(7-9)15-13(16)8-10-3-2-6-20-10/h4-5,7,10H,2-3,6,8H2,1H3,(H,15,16)(H,17,18). The first kappa shape index (κ1) is 14.3. The van der Waals surface area contributed by atoms with E-state index in [9.17, 15) is 9.59 Å². The number of carbonyl (C=O) groups excluding carboxylic acids is 1. The number of aromatic carboxylic acids is 1. The van der Waals surface area contributed by atoms with E-state index < -0.39 is 5.97 Å². The van der Waals surface area contributed by atoms with Crippen LogP contribution in [0.4, 0.5) is 5.69 Å². The van der Waals surface area contributed by atoms with Gasteiger partial charge in [0.15, 0.2) is 0 Å². The fourth-order valence-electron chi connectivity index (χ4n) is 2.15. The van der Waals surface area contributed by atoms with Gasteiger partial charge in [-0.05, 0) is 25.0 Å². The van der Waals surface area contributed by atoms with Crippen LogP contribution in [0.1, 0.15) is 29.6 Å². The Hall–Kier alpha value is -2.08. The van der Waals surface area contributed by atoms with Crippen LogP contribution in [-0.2, 0) is 9.53 Å². The molecule has 1 aliphatic rings. The van der Waals surface area contributed by atoms with Crippen LogP contribution < -0.4 is 10.1 Å². The molecule has 1 amide bonds. The summed E-state index contributed by atoms with van der Waals surface area (Å²) in [6.07, 6.45) is 1.97. The summed E-state index contributed by atoms with van der Waals surface area (Å²) in [4.78, 5) is 23.0. The van der Waals surface area contributed by atoms with Crippen molar-refractivity contribution in [2.45, 2.75) is 25.4 Å². The van der Waals surface area contributed by atoms with Crippen LogP contribution in [0, 0.1) is 0 Å². The average molecular weight is 279 g/mol. The Labute approximate surface area is 116 Å². The smallest absolute Gasteiger partial charge is 0.337 e. The van der Waals surface area contributed by atoms with Crippen molar-refractivity contribution in [3.8, 4) is 5.75 Å². The van der Waals surface area contributed by atoms with Crippen molar-refractivity contribution < 1.29 is 24.2 Å². The lowest BCUT2D eigenvalue weighted by atomic mass is 10.1. The highest BCUT2D eigenvalue weighted by atomic mass is 16.5. The summed E-state index contributed by atoms with van der Waals surface area (Å²) in [7, 11) is 1.48. The summed E-state index contributed by atoms with van der Waals surface area (Å²) < 4.78 is 10.4. The maximum atomic E-state index is 11.9. The van der Waals surface area contributed by atoms with E-state index in [1.54, 1.807) is 6.07 Å². The van der Waals surface area contributed by atoms with Gasteiger partial charge < -0.3 is 19.9 Å². The molecule has 0 saturated carbocycles. The van der Waals surface area contributed by atoms with Crippen molar-refractivity contribution in [2.75, 3.05) is 19.0 Å². The minimum Gasteiger partial charge on any atom is -0.497 e. The molecule has 0 aliphatic carbocycles. The molecule has 6 nitrogen and oxygen atoms in total. The number of amides is 1. The second-order valence-electron chi connectivity index (χ2n) is 4.60. The lowest BCUT2D eigenvalue weighted by Crippen LogP contribution is -2.20. The number of hydrogen-bond acceptors (Lipinski definition) is 4. The fraction of sp³-hybridized carbons (Fsp3) is 0.429. The van der Waals surface area contributed by atoms with Gasteiger partial charge >= 0.3 is 5.97 Å². The molecule has 1 heterocycles. The number of carboxylic acid groups (broad SMARTS) is 1. The molecule has 0 spiro atoms. The largest absolute Gasteiger partial charge is 0.497 e. The second-order valence-corrected chi connectivity index (χ2v) is 4.60. The Morgan fingerprint density at radius 3 is 2.90 bits per heavy atom. The molecule has 2 N–H and O–H groups in total. The van der Waals surface area contributed by atoms with E-state index in [0.717, 1.165) is 12.8 Å². The number of carboxylic acids is 1. The number of anilines is 1. The van der Waals surface area contributed by atoms with Crippen molar-refractivity contribution >= 4 is 17.6 Å². The molecule has 1 atom stereocenters. The summed E-state index contributed by atoms with van der Waals surface area (Å²) in [6.45, 7) is 0.678. The zero-order chi connectivity index (χ0) is 14.5. The van der Waals surface area contributed by atoms with Crippen LogP contribution in [-0.4, -0.2) is 36.8 Å². The molecular weight excluding hydrogens is 262 g/mol. The quantitative estimate of drug-likeness (QED) is 0.860. The van der Waals surface area contributed by atoms with Gasteiger partial charge in [-0.3, -0.25) is 4.79 Å². The predicted molar refractivity (Wildman–Crippen MR) is 72.2 cm³/mol. The van der Waals surface area contributed by atoms with E-state index in [0.29, 0.717) is 12.4 Å². The highest BCUT2D eigenvalue weighted by Crippen LogP contribution is 2.23. The third kappa shape index (κ3) is 3.48. The van der Waals surface area contributed by atoms with Crippen LogP contribution >= 0.6 is 0 Å². The van der Waals surface area contributed by atoms with Gasteiger partial charge in [0.2, 0.25) is 5.91 Å². The zero-order valence-electron chi connectivity index (χ0n) is 11.2. The monoisotopic (exact) mass is 279 g/mol. The summed E-state index contributed by atoms with van der Waals surface area (Å²) in [5, 5.41) is 11.7. The van der Waals surface area contributed by atoms with Gasteiger partial charge in [0.25, 0.3) is 0 Å².